The maximum Gasteiger partial charge on any atom is 0.221 e. The monoisotopic (exact) mass is 274 g/mol. The second kappa shape index (κ2) is 7.44. The SMILES string of the molecule is Cc1cccc(CNC(=O)CCN2CCC(C)CC2)c1. The summed E-state index contributed by atoms with van der Waals surface area (Å²) in [5.74, 6) is 1.01. The van der Waals surface area contributed by atoms with Gasteiger partial charge in [0, 0.05) is 19.5 Å². The van der Waals surface area contributed by atoms with Crippen molar-refractivity contribution in [3.63, 3.8) is 0 Å². The normalized spacial score (nSPS) is 17.1. The molecule has 0 saturated carbocycles. The van der Waals surface area contributed by atoms with Gasteiger partial charge < -0.3 is 10.2 Å². The van der Waals surface area contributed by atoms with E-state index in [2.05, 4.69) is 42.3 Å². The van der Waals surface area contributed by atoms with Crippen LogP contribution in [0.1, 0.15) is 37.3 Å². The van der Waals surface area contributed by atoms with Crippen LogP contribution in [0, 0.1) is 12.8 Å². The van der Waals surface area contributed by atoms with Crippen LogP contribution in [0.2, 0.25) is 0 Å². The summed E-state index contributed by atoms with van der Waals surface area (Å²) < 4.78 is 0. The topological polar surface area (TPSA) is 32.3 Å². The lowest BCUT2D eigenvalue weighted by molar-refractivity contribution is -0.121. The third-order valence-corrected chi connectivity index (χ3v) is 4.10. The van der Waals surface area contributed by atoms with Gasteiger partial charge in [-0.05, 0) is 44.3 Å². The van der Waals surface area contributed by atoms with Gasteiger partial charge in [-0.1, -0.05) is 36.8 Å². The molecule has 0 unspecified atom stereocenters. The van der Waals surface area contributed by atoms with Crippen LogP contribution < -0.4 is 5.32 Å². The molecule has 0 radical (unpaired) electrons. The molecule has 110 valence electrons. The third kappa shape index (κ3) is 4.97. The molecule has 1 aliphatic rings. The number of aryl methyl sites for hydroxylation is 1. The number of carbonyl (C=O) groups excluding carboxylic acids is 1. The number of likely N-dealkylation sites (tertiary alicyclic amines) is 1. The van der Waals surface area contributed by atoms with Crippen LogP contribution in [0.15, 0.2) is 24.3 Å². The summed E-state index contributed by atoms with van der Waals surface area (Å²) >= 11 is 0. The molecule has 0 atom stereocenters. The van der Waals surface area contributed by atoms with Crippen molar-refractivity contribution in [3.05, 3.63) is 35.4 Å². The number of carbonyl (C=O) groups is 1. The van der Waals surface area contributed by atoms with Crippen LogP contribution >= 0.6 is 0 Å². The zero-order valence-electron chi connectivity index (χ0n) is 12.7. The maximum absolute atomic E-state index is 11.9. The molecular weight excluding hydrogens is 248 g/mol. The fourth-order valence-electron chi connectivity index (χ4n) is 2.66. The molecule has 3 heteroatoms. The fourth-order valence-corrected chi connectivity index (χ4v) is 2.66. The van der Waals surface area contributed by atoms with Crippen LogP contribution in [0.5, 0.6) is 0 Å². The summed E-state index contributed by atoms with van der Waals surface area (Å²) in [5.41, 5.74) is 2.41. The Morgan fingerprint density at radius 2 is 2.10 bits per heavy atom. The van der Waals surface area contributed by atoms with E-state index < -0.39 is 0 Å². The van der Waals surface area contributed by atoms with Gasteiger partial charge in [0.2, 0.25) is 5.91 Å². The molecule has 0 aromatic heterocycles. The van der Waals surface area contributed by atoms with Gasteiger partial charge in [-0.15, -0.1) is 0 Å². The molecular formula is C17H26N2O. The molecule has 1 amide bonds. The molecule has 3 nitrogen and oxygen atoms in total. The second-order valence-electron chi connectivity index (χ2n) is 6.04. The summed E-state index contributed by atoms with van der Waals surface area (Å²) in [4.78, 5) is 14.3. The molecule has 1 aliphatic heterocycles. The Balaban J connectivity index is 1.65. The number of rotatable bonds is 5. The van der Waals surface area contributed by atoms with Crippen LogP contribution in [-0.4, -0.2) is 30.4 Å². The first-order valence-electron chi connectivity index (χ1n) is 7.68. The number of amides is 1. The van der Waals surface area contributed by atoms with Gasteiger partial charge in [-0.2, -0.15) is 0 Å². The molecule has 0 spiro atoms. The van der Waals surface area contributed by atoms with E-state index in [9.17, 15) is 4.79 Å². The van der Waals surface area contributed by atoms with Gasteiger partial charge >= 0.3 is 0 Å². The maximum atomic E-state index is 11.9. The van der Waals surface area contributed by atoms with E-state index in [0.29, 0.717) is 13.0 Å². The average Bonchev–Trinajstić information content (AvgIpc) is 2.45. The predicted octanol–water partition coefficient (Wildman–Crippen LogP) is 2.73. The van der Waals surface area contributed by atoms with Crippen molar-refractivity contribution < 1.29 is 4.79 Å². The van der Waals surface area contributed by atoms with Crippen molar-refractivity contribution in [2.24, 2.45) is 5.92 Å². The van der Waals surface area contributed by atoms with E-state index in [-0.39, 0.29) is 5.91 Å². The highest BCUT2D eigenvalue weighted by Gasteiger charge is 2.16. The van der Waals surface area contributed by atoms with E-state index >= 15 is 0 Å². The van der Waals surface area contributed by atoms with Crippen molar-refractivity contribution in [1.82, 2.24) is 10.2 Å². The Morgan fingerprint density at radius 3 is 2.80 bits per heavy atom. The Bertz CT molecular complexity index is 436. The first-order chi connectivity index (χ1) is 9.63. The Kier molecular flexibility index (Phi) is 5.60. The van der Waals surface area contributed by atoms with Gasteiger partial charge in [-0.3, -0.25) is 4.79 Å². The second-order valence-corrected chi connectivity index (χ2v) is 6.04. The van der Waals surface area contributed by atoms with Crippen LogP contribution in [0.4, 0.5) is 0 Å². The minimum absolute atomic E-state index is 0.158. The number of nitrogens with one attached hydrogen (secondary N) is 1. The summed E-state index contributed by atoms with van der Waals surface area (Å²) in [5, 5.41) is 3.01. The highest BCUT2D eigenvalue weighted by molar-refractivity contribution is 5.76. The summed E-state index contributed by atoms with van der Waals surface area (Å²) in [7, 11) is 0. The van der Waals surface area contributed by atoms with Crippen molar-refractivity contribution in [1.29, 1.82) is 0 Å². The molecule has 0 bridgehead atoms. The molecule has 1 fully saturated rings. The lowest BCUT2D eigenvalue weighted by Crippen LogP contribution is -2.36. The highest BCUT2D eigenvalue weighted by Crippen LogP contribution is 2.15. The molecule has 0 aliphatic carbocycles. The zero-order chi connectivity index (χ0) is 14.4. The zero-order valence-corrected chi connectivity index (χ0v) is 12.7. The number of benzene rings is 1. The summed E-state index contributed by atoms with van der Waals surface area (Å²) in [6.07, 6.45) is 3.15. The van der Waals surface area contributed by atoms with Crippen LogP contribution in [0.25, 0.3) is 0 Å². The van der Waals surface area contributed by atoms with Gasteiger partial charge in [0.15, 0.2) is 0 Å². The van der Waals surface area contributed by atoms with Crippen molar-refractivity contribution in [2.45, 2.75) is 39.7 Å². The molecule has 1 N–H and O–H groups in total. The van der Waals surface area contributed by atoms with Crippen molar-refractivity contribution in [2.75, 3.05) is 19.6 Å². The first kappa shape index (κ1) is 15.0. The Hall–Kier alpha value is -1.35. The van der Waals surface area contributed by atoms with E-state index in [1.807, 2.05) is 6.07 Å². The van der Waals surface area contributed by atoms with Gasteiger partial charge in [0.1, 0.15) is 0 Å². The van der Waals surface area contributed by atoms with Crippen LogP contribution in [0.3, 0.4) is 0 Å². The number of hydrogen-bond donors (Lipinski definition) is 1. The minimum atomic E-state index is 0.158. The van der Waals surface area contributed by atoms with Gasteiger partial charge in [0.05, 0.1) is 0 Å². The van der Waals surface area contributed by atoms with Gasteiger partial charge in [0.25, 0.3) is 0 Å². The number of piperidine rings is 1. The first-order valence-corrected chi connectivity index (χ1v) is 7.68. The van der Waals surface area contributed by atoms with Crippen molar-refractivity contribution in [3.8, 4) is 0 Å². The Labute approximate surface area is 122 Å². The highest BCUT2D eigenvalue weighted by atomic mass is 16.1. The standard InChI is InChI=1S/C17H26N2O/c1-14-6-9-19(10-7-14)11-8-17(20)18-13-16-5-3-4-15(2)12-16/h3-5,12,14H,6-11,13H2,1-2H3,(H,18,20). The summed E-state index contributed by atoms with van der Waals surface area (Å²) in [6.45, 7) is 8.21. The Morgan fingerprint density at radius 1 is 1.35 bits per heavy atom. The van der Waals surface area contributed by atoms with Crippen LogP contribution in [-0.2, 0) is 11.3 Å². The molecule has 1 aromatic carbocycles. The predicted molar refractivity (Wildman–Crippen MR) is 82.5 cm³/mol. The van der Waals surface area contributed by atoms with E-state index in [0.717, 1.165) is 25.6 Å². The van der Waals surface area contributed by atoms with E-state index in [1.165, 1.54) is 24.0 Å². The van der Waals surface area contributed by atoms with Gasteiger partial charge in [-0.25, -0.2) is 0 Å². The molecule has 1 saturated heterocycles. The lowest BCUT2D eigenvalue weighted by atomic mass is 9.99. The summed E-state index contributed by atoms with van der Waals surface area (Å²) in [6, 6.07) is 8.28. The quantitative estimate of drug-likeness (QED) is 0.895. The average molecular weight is 274 g/mol. The number of nitrogens with zero attached hydrogens (tertiary/aromatic N) is 1. The molecule has 20 heavy (non-hydrogen) atoms. The smallest absolute Gasteiger partial charge is 0.221 e. The molecule has 2 rings (SSSR count). The third-order valence-electron chi connectivity index (χ3n) is 4.10. The van der Waals surface area contributed by atoms with E-state index in [1.54, 1.807) is 0 Å². The molecule has 1 heterocycles. The number of hydrogen-bond acceptors (Lipinski definition) is 2. The van der Waals surface area contributed by atoms with E-state index in [4.69, 9.17) is 0 Å². The van der Waals surface area contributed by atoms with Crippen molar-refractivity contribution >= 4 is 5.91 Å². The fraction of sp³-hybridized carbons (Fsp3) is 0.588. The lowest BCUT2D eigenvalue weighted by Gasteiger charge is -2.29. The largest absolute Gasteiger partial charge is 0.352 e. The minimum Gasteiger partial charge on any atom is -0.352 e. The molecule has 1 aromatic rings.